The second-order valence-corrected chi connectivity index (χ2v) is 10.3. The number of anilines is 1. The number of fused-ring (bicyclic) bond motifs is 2. The van der Waals surface area contributed by atoms with Crippen molar-refractivity contribution in [2.45, 2.75) is 51.4 Å². The quantitative estimate of drug-likeness (QED) is 0.0591. The van der Waals surface area contributed by atoms with E-state index in [2.05, 4.69) is 16.0 Å². The van der Waals surface area contributed by atoms with Crippen LogP contribution in [0.5, 0.6) is 0 Å². The van der Waals surface area contributed by atoms with E-state index in [9.17, 15) is 24.5 Å². The molecule has 0 unspecified atom stereocenters. The van der Waals surface area contributed by atoms with Gasteiger partial charge in [0.1, 0.15) is 0 Å². The molecule has 43 heavy (non-hydrogen) atoms. The smallest absolute Gasteiger partial charge is 0.269 e. The molecule has 1 radical (unpaired) electrons. The summed E-state index contributed by atoms with van der Waals surface area (Å²) < 4.78 is 0. The van der Waals surface area contributed by atoms with E-state index in [0.717, 1.165) is 73.5 Å². The van der Waals surface area contributed by atoms with Crippen molar-refractivity contribution in [1.82, 2.24) is 15.6 Å². The average molecular weight is 583 g/mol. The predicted octanol–water partition coefficient (Wildman–Crippen LogP) is 6.10. The highest BCUT2D eigenvalue weighted by Gasteiger charge is 2.16. The van der Waals surface area contributed by atoms with Crippen LogP contribution in [0.4, 0.5) is 11.4 Å². The van der Waals surface area contributed by atoms with Gasteiger partial charge in [-0.2, -0.15) is 0 Å². The highest BCUT2D eigenvalue weighted by atomic mass is 16.6. The van der Waals surface area contributed by atoms with Gasteiger partial charge >= 0.3 is 0 Å². The molecule has 2 amide bonds. The Labute approximate surface area is 250 Å². The molecule has 0 aliphatic heterocycles. The third kappa shape index (κ3) is 8.57. The number of nitro benzene ring substituents is 1. The lowest BCUT2D eigenvalue weighted by atomic mass is 10.0. The van der Waals surface area contributed by atoms with Gasteiger partial charge in [-0.3, -0.25) is 24.5 Å². The van der Waals surface area contributed by atoms with E-state index < -0.39 is 4.92 Å². The Morgan fingerprint density at radius 2 is 1.40 bits per heavy atom. The maximum Gasteiger partial charge on any atom is 0.269 e. The van der Waals surface area contributed by atoms with E-state index in [0.29, 0.717) is 36.2 Å². The molecule has 1 aromatic heterocycles. The molecule has 0 aliphatic carbocycles. The van der Waals surface area contributed by atoms with Gasteiger partial charge in [0.25, 0.3) is 17.5 Å². The number of nitrogens with one attached hydrogen (secondary N) is 3. The van der Waals surface area contributed by atoms with E-state index in [1.165, 1.54) is 24.3 Å². The molecule has 1 heterocycles. The minimum atomic E-state index is -0.491. The molecule has 0 fully saturated rings. The van der Waals surface area contributed by atoms with Gasteiger partial charge in [0.2, 0.25) is 0 Å². The summed E-state index contributed by atoms with van der Waals surface area (Å²) in [7, 11) is 0. The Balaban J connectivity index is 1.29. The number of pyridine rings is 1. The number of carbonyl (C=O) groups is 2. The fourth-order valence-electron chi connectivity index (χ4n) is 4.94. The number of nitrogens with zero attached hydrogens (tertiary/aromatic N) is 2. The molecule has 4 rings (SSSR count). The second-order valence-electron chi connectivity index (χ2n) is 10.3. The first-order chi connectivity index (χ1) is 21.0. The molecule has 3 aromatic carbocycles. The maximum atomic E-state index is 13.1. The van der Waals surface area contributed by atoms with Crippen molar-refractivity contribution in [3.05, 3.63) is 88.0 Å². The van der Waals surface area contributed by atoms with Gasteiger partial charge in [-0.05, 0) is 49.9 Å². The first-order valence-electron chi connectivity index (χ1n) is 14.7. The molecule has 10 nitrogen and oxygen atoms in total. The number of unbranched alkanes of at least 4 members (excludes halogenated alkanes) is 6. The third-order valence-electron chi connectivity index (χ3n) is 7.23. The summed E-state index contributed by atoms with van der Waals surface area (Å²) in [6, 6.07) is 19.1. The van der Waals surface area contributed by atoms with Crippen LogP contribution >= 0.6 is 0 Å². The number of amides is 2. The molecular weight excluding hydrogens is 546 g/mol. The van der Waals surface area contributed by atoms with Gasteiger partial charge in [-0.25, -0.2) is 4.98 Å². The van der Waals surface area contributed by atoms with E-state index >= 15 is 0 Å². The SMILES string of the molecule is O=[C]CCCCCNC(=O)c1cccc2c(NCCCCCCNC(=O)c3ccc([N+](=O)[O-])cc3)c3ccccc3nc12. The summed E-state index contributed by atoms with van der Waals surface area (Å²) in [4.78, 5) is 50.8. The second kappa shape index (κ2) is 16.0. The first kappa shape index (κ1) is 31.1. The summed E-state index contributed by atoms with van der Waals surface area (Å²) >= 11 is 0. The Morgan fingerprint density at radius 1 is 0.744 bits per heavy atom. The number of aromatic nitrogens is 1. The molecule has 10 heteroatoms. The third-order valence-corrected chi connectivity index (χ3v) is 7.23. The van der Waals surface area contributed by atoms with Crippen LogP contribution in [0.3, 0.4) is 0 Å². The lowest BCUT2D eigenvalue weighted by Gasteiger charge is -2.15. The minimum Gasteiger partial charge on any atom is -0.384 e. The molecule has 3 N–H and O–H groups in total. The Hall–Kier alpha value is -4.86. The first-order valence-corrected chi connectivity index (χ1v) is 14.7. The number of hydrogen-bond donors (Lipinski definition) is 3. The van der Waals surface area contributed by atoms with Gasteiger partial charge < -0.3 is 16.0 Å². The number of rotatable bonds is 17. The molecule has 0 spiro atoms. The fraction of sp³-hybridized carbons (Fsp3) is 0.333. The van der Waals surface area contributed by atoms with E-state index in [4.69, 9.17) is 4.98 Å². The van der Waals surface area contributed by atoms with Crippen molar-refractivity contribution in [2.75, 3.05) is 25.0 Å². The Bertz CT molecular complexity index is 1570. The summed E-state index contributed by atoms with van der Waals surface area (Å²) in [5, 5.41) is 22.1. The van der Waals surface area contributed by atoms with Crippen molar-refractivity contribution in [2.24, 2.45) is 0 Å². The number of hydrogen-bond acceptors (Lipinski definition) is 7. The monoisotopic (exact) mass is 582 g/mol. The molecule has 4 aromatic rings. The fourth-order valence-corrected chi connectivity index (χ4v) is 4.94. The zero-order valence-electron chi connectivity index (χ0n) is 24.1. The highest BCUT2D eigenvalue weighted by molar-refractivity contribution is 6.14. The summed E-state index contributed by atoms with van der Waals surface area (Å²) in [6.07, 6.45) is 8.42. The number of carbonyl (C=O) groups excluding carboxylic acids is 3. The summed E-state index contributed by atoms with van der Waals surface area (Å²) in [6.45, 7) is 1.81. The van der Waals surface area contributed by atoms with Crippen molar-refractivity contribution >= 4 is 51.3 Å². The summed E-state index contributed by atoms with van der Waals surface area (Å²) in [5.74, 6) is -0.406. The van der Waals surface area contributed by atoms with Crippen LogP contribution in [0, 0.1) is 10.1 Å². The zero-order valence-corrected chi connectivity index (χ0v) is 24.1. The van der Waals surface area contributed by atoms with Gasteiger partial charge in [0, 0.05) is 54.5 Å². The van der Waals surface area contributed by atoms with E-state index in [-0.39, 0.29) is 17.5 Å². The largest absolute Gasteiger partial charge is 0.384 e. The molecule has 0 saturated carbocycles. The normalized spacial score (nSPS) is 10.9. The molecule has 0 saturated heterocycles. The Morgan fingerprint density at radius 3 is 2.12 bits per heavy atom. The van der Waals surface area contributed by atoms with Gasteiger partial charge in [-0.15, -0.1) is 0 Å². The van der Waals surface area contributed by atoms with Crippen molar-refractivity contribution in [3.8, 4) is 0 Å². The van der Waals surface area contributed by atoms with Crippen molar-refractivity contribution < 1.29 is 19.3 Å². The minimum absolute atomic E-state index is 0.0439. The van der Waals surface area contributed by atoms with Crippen LogP contribution in [0.2, 0.25) is 0 Å². The van der Waals surface area contributed by atoms with Crippen LogP contribution in [0.25, 0.3) is 21.8 Å². The number of nitro groups is 1. The lowest BCUT2D eigenvalue weighted by molar-refractivity contribution is -0.384. The standard InChI is InChI=1S/C33H36N5O5/c39-23-10-4-3-9-22-36-33(41)28-14-11-13-27-30(26-12-5-6-15-29(26)37-31(27)28)34-20-7-1-2-8-21-35-32(40)24-16-18-25(19-17-24)38(42)43/h5-6,11-19H,1-4,7-10,20-22H2,(H,34,37)(H,35,40)(H,36,41). The number of para-hydroxylation sites is 2. The molecule has 0 aliphatic rings. The van der Waals surface area contributed by atoms with Crippen molar-refractivity contribution in [3.63, 3.8) is 0 Å². The predicted molar refractivity (Wildman–Crippen MR) is 168 cm³/mol. The number of benzene rings is 3. The molecule has 0 bridgehead atoms. The van der Waals surface area contributed by atoms with E-state index in [1.807, 2.05) is 42.7 Å². The van der Waals surface area contributed by atoms with Crippen LogP contribution < -0.4 is 16.0 Å². The van der Waals surface area contributed by atoms with Crippen molar-refractivity contribution in [1.29, 1.82) is 0 Å². The van der Waals surface area contributed by atoms with Crippen LogP contribution in [0.1, 0.15) is 72.1 Å². The van der Waals surface area contributed by atoms with Crippen LogP contribution in [0.15, 0.2) is 66.7 Å². The zero-order chi connectivity index (χ0) is 30.4. The molecule has 223 valence electrons. The topological polar surface area (TPSA) is 143 Å². The van der Waals surface area contributed by atoms with Gasteiger partial charge in [0.05, 0.1) is 27.2 Å². The van der Waals surface area contributed by atoms with Gasteiger partial charge in [0.15, 0.2) is 6.29 Å². The summed E-state index contributed by atoms with van der Waals surface area (Å²) in [5.41, 5.74) is 3.31. The Kier molecular flexibility index (Phi) is 11.5. The average Bonchev–Trinajstić information content (AvgIpc) is 3.03. The highest BCUT2D eigenvalue weighted by Crippen LogP contribution is 2.32. The molecular formula is C33H36N5O5. The van der Waals surface area contributed by atoms with Gasteiger partial charge in [-0.1, -0.05) is 49.6 Å². The van der Waals surface area contributed by atoms with Crippen LogP contribution in [-0.4, -0.2) is 47.6 Å². The maximum absolute atomic E-state index is 13.1. The van der Waals surface area contributed by atoms with E-state index in [1.54, 1.807) is 6.07 Å². The molecule has 0 atom stereocenters. The number of non-ortho nitro benzene ring substituents is 1. The lowest BCUT2D eigenvalue weighted by Crippen LogP contribution is -2.24. The van der Waals surface area contributed by atoms with Crippen LogP contribution in [-0.2, 0) is 4.79 Å².